The number of carbonyl (C=O) groups excluding carboxylic acids is 1. The Morgan fingerprint density at radius 3 is 2.50 bits per heavy atom. The zero-order valence-electron chi connectivity index (χ0n) is 22.1. The van der Waals surface area contributed by atoms with E-state index in [1.54, 1.807) is 43.8 Å². The minimum absolute atomic E-state index is 0.136. The summed E-state index contributed by atoms with van der Waals surface area (Å²) in [6, 6.07) is 17.8. The molecule has 0 saturated carbocycles. The number of rotatable bonds is 9. The van der Waals surface area contributed by atoms with Crippen molar-refractivity contribution in [2.75, 3.05) is 13.2 Å². The van der Waals surface area contributed by atoms with Gasteiger partial charge in [0, 0.05) is 25.5 Å². The number of hydrogen-bond donors (Lipinski definition) is 2. The van der Waals surface area contributed by atoms with Crippen molar-refractivity contribution in [3.05, 3.63) is 94.8 Å². The number of alkyl carbamates (subject to hydrolysis) is 1. The topological polar surface area (TPSA) is 107 Å². The molecule has 38 heavy (non-hydrogen) atoms. The van der Waals surface area contributed by atoms with Crippen LogP contribution >= 0.6 is 0 Å². The number of amides is 1. The Balaban J connectivity index is 1.78. The number of ether oxygens (including phenoxy) is 2. The number of benzene rings is 2. The summed E-state index contributed by atoms with van der Waals surface area (Å²) < 4.78 is 12.6. The van der Waals surface area contributed by atoms with Gasteiger partial charge in [0.05, 0.1) is 29.2 Å². The second kappa shape index (κ2) is 11.9. The van der Waals surface area contributed by atoms with Gasteiger partial charge in [-0.3, -0.25) is 14.3 Å². The number of fused-ring (bicyclic) bond motifs is 1. The lowest BCUT2D eigenvalue weighted by Gasteiger charge is -2.25. The minimum Gasteiger partial charge on any atom is -0.494 e. The summed E-state index contributed by atoms with van der Waals surface area (Å²) in [5.74, 6) is 1.16. The summed E-state index contributed by atoms with van der Waals surface area (Å²) in [6.45, 7) is 8.45. The highest BCUT2D eigenvalue weighted by Gasteiger charge is 2.23. The summed E-state index contributed by atoms with van der Waals surface area (Å²) in [5, 5.41) is 6.78. The third kappa shape index (κ3) is 6.74. The summed E-state index contributed by atoms with van der Waals surface area (Å²) in [7, 11) is 0. The fraction of sp³-hybridized carbons (Fsp3) is 0.310. The lowest BCUT2D eigenvalue weighted by molar-refractivity contribution is 0.0521. The molecule has 0 fully saturated rings. The maximum absolute atomic E-state index is 13.8. The average molecular weight is 516 g/mol. The van der Waals surface area contributed by atoms with Crippen molar-refractivity contribution in [2.45, 2.75) is 45.9 Å². The van der Waals surface area contributed by atoms with E-state index in [2.05, 4.69) is 15.6 Å². The van der Waals surface area contributed by atoms with Gasteiger partial charge in [0.15, 0.2) is 0 Å². The monoisotopic (exact) mass is 515 g/mol. The smallest absolute Gasteiger partial charge is 0.407 e. The molecule has 0 radical (unpaired) electrons. The van der Waals surface area contributed by atoms with Crippen LogP contribution in [0.25, 0.3) is 16.6 Å². The molecule has 2 N–H and O–H groups in total. The quantitative estimate of drug-likeness (QED) is 0.337. The van der Waals surface area contributed by atoms with E-state index in [9.17, 15) is 9.59 Å². The van der Waals surface area contributed by atoms with Gasteiger partial charge in [0.1, 0.15) is 17.2 Å². The molecule has 9 nitrogen and oxygen atoms in total. The van der Waals surface area contributed by atoms with Gasteiger partial charge in [-0.1, -0.05) is 18.2 Å². The molecule has 9 heteroatoms. The molecule has 0 aliphatic rings. The highest BCUT2D eigenvalue weighted by molar-refractivity contribution is 5.78. The minimum atomic E-state index is -0.645. The summed E-state index contributed by atoms with van der Waals surface area (Å²) in [4.78, 5) is 35.4. The molecule has 1 atom stereocenters. The van der Waals surface area contributed by atoms with Gasteiger partial charge in [-0.25, -0.2) is 9.78 Å². The van der Waals surface area contributed by atoms with Crippen molar-refractivity contribution in [1.29, 1.82) is 0 Å². The van der Waals surface area contributed by atoms with Gasteiger partial charge in [-0.2, -0.15) is 0 Å². The first-order chi connectivity index (χ1) is 18.2. The van der Waals surface area contributed by atoms with Gasteiger partial charge in [-0.05, 0) is 75.7 Å². The van der Waals surface area contributed by atoms with Crippen LogP contribution < -0.4 is 20.9 Å². The second-order valence-electron chi connectivity index (χ2n) is 9.73. The zero-order valence-corrected chi connectivity index (χ0v) is 22.1. The molecular formula is C29H33N5O4. The van der Waals surface area contributed by atoms with Crippen molar-refractivity contribution >= 4 is 17.0 Å². The molecule has 0 saturated heterocycles. The van der Waals surface area contributed by atoms with Crippen LogP contribution in [0.4, 0.5) is 4.79 Å². The predicted molar refractivity (Wildman–Crippen MR) is 147 cm³/mol. The fourth-order valence-electron chi connectivity index (χ4n) is 3.99. The normalized spacial score (nSPS) is 12.2. The van der Waals surface area contributed by atoms with Crippen molar-refractivity contribution in [3.8, 4) is 11.4 Å². The third-order valence-electron chi connectivity index (χ3n) is 5.64. The number of hydrogen-bond acceptors (Lipinski definition) is 7. The Labute approximate surface area is 221 Å². The van der Waals surface area contributed by atoms with Gasteiger partial charge in [-0.15, -0.1) is 0 Å². The van der Waals surface area contributed by atoms with E-state index in [0.717, 1.165) is 5.56 Å². The molecule has 0 spiro atoms. The van der Waals surface area contributed by atoms with Gasteiger partial charge >= 0.3 is 6.09 Å². The van der Waals surface area contributed by atoms with Crippen molar-refractivity contribution < 1.29 is 14.3 Å². The highest BCUT2D eigenvalue weighted by Crippen LogP contribution is 2.21. The number of para-hydroxylation sites is 1. The first kappa shape index (κ1) is 26.8. The van der Waals surface area contributed by atoms with Crippen LogP contribution in [-0.2, 0) is 11.3 Å². The van der Waals surface area contributed by atoms with Crippen molar-refractivity contribution in [2.24, 2.45) is 0 Å². The molecule has 0 bridgehead atoms. The molecule has 0 aliphatic carbocycles. The first-order valence-corrected chi connectivity index (χ1v) is 12.6. The Morgan fingerprint density at radius 1 is 1.05 bits per heavy atom. The highest BCUT2D eigenvalue weighted by atomic mass is 16.6. The molecule has 2 heterocycles. The first-order valence-electron chi connectivity index (χ1n) is 12.6. The van der Waals surface area contributed by atoms with E-state index >= 15 is 0 Å². The number of nitrogens with zero attached hydrogens (tertiary/aromatic N) is 3. The third-order valence-corrected chi connectivity index (χ3v) is 5.64. The second-order valence-corrected chi connectivity index (χ2v) is 9.73. The molecular weight excluding hydrogens is 482 g/mol. The molecule has 2 aromatic heterocycles. The molecule has 4 aromatic rings. The van der Waals surface area contributed by atoms with Crippen LogP contribution in [0.2, 0.25) is 0 Å². The zero-order chi connectivity index (χ0) is 27.1. The lowest BCUT2D eigenvalue weighted by atomic mass is 10.1. The fourth-order valence-corrected chi connectivity index (χ4v) is 3.99. The van der Waals surface area contributed by atoms with Crippen LogP contribution in [0.5, 0.6) is 5.75 Å². The molecule has 2 aromatic carbocycles. The standard InChI is InChI=1S/C29H33N5O4/c1-5-37-22-14-12-21(13-15-22)34-26(33-24-11-7-6-10-23(24)27(34)35)25(19-32-28(36)38-29(2,3)4)31-18-20-9-8-16-30-17-20/h6-17,25,31H,5,18-19H2,1-4H3,(H,32,36). The number of pyridine rings is 1. The van der Waals surface area contributed by atoms with Crippen molar-refractivity contribution in [3.63, 3.8) is 0 Å². The van der Waals surface area contributed by atoms with E-state index in [4.69, 9.17) is 14.5 Å². The van der Waals surface area contributed by atoms with Gasteiger partial charge < -0.3 is 20.1 Å². The Kier molecular flexibility index (Phi) is 8.38. The lowest BCUT2D eigenvalue weighted by Crippen LogP contribution is -2.40. The Morgan fingerprint density at radius 2 is 1.82 bits per heavy atom. The Hall–Kier alpha value is -4.24. The maximum atomic E-state index is 13.8. The van der Waals surface area contributed by atoms with E-state index in [1.807, 2.05) is 61.5 Å². The van der Waals surface area contributed by atoms with Gasteiger partial charge in [0.25, 0.3) is 5.56 Å². The van der Waals surface area contributed by atoms with E-state index < -0.39 is 17.7 Å². The van der Waals surface area contributed by atoms with E-state index in [1.165, 1.54) is 0 Å². The van der Waals surface area contributed by atoms with Crippen LogP contribution in [0.3, 0.4) is 0 Å². The molecule has 1 amide bonds. The summed E-state index contributed by atoms with van der Waals surface area (Å²) >= 11 is 0. The summed E-state index contributed by atoms with van der Waals surface area (Å²) in [5.41, 5.74) is 1.30. The number of carbonyl (C=O) groups is 1. The van der Waals surface area contributed by atoms with Crippen molar-refractivity contribution in [1.82, 2.24) is 25.2 Å². The summed E-state index contributed by atoms with van der Waals surface area (Å²) in [6.07, 6.45) is 2.92. The molecule has 198 valence electrons. The van der Waals surface area contributed by atoms with Crippen LogP contribution in [0.1, 0.15) is 45.1 Å². The van der Waals surface area contributed by atoms with E-state index in [-0.39, 0.29) is 12.1 Å². The molecule has 0 aliphatic heterocycles. The van der Waals surface area contributed by atoms with Crippen LogP contribution in [0, 0.1) is 0 Å². The number of aromatic nitrogens is 3. The molecule has 4 rings (SSSR count). The number of nitrogens with one attached hydrogen (secondary N) is 2. The average Bonchev–Trinajstić information content (AvgIpc) is 2.89. The predicted octanol–water partition coefficient (Wildman–Crippen LogP) is 4.54. The Bertz CT molecular complexity index is 1430. The van der Waals surface area contributed by atoms with Gasteiger partial charge in [0.2, 0.25) is 0 Å². The SMILES string of the molecule is CCOc1ccc(-n2c(C(CNC(=O)OC(C)(C)C)NCc3cccnc3)nc3ccccc3c2=O)cc1. The van der Waals surface area contributed by atoms with Crippen LogP contribution in [0.15, 0.2) is 77.9 Å². The van der Waals surface area contributed by atoms with Crippen LogP contribution in [-0.4, -0.2) is 39.4 Å². The van der Waals surface area contributed by atoms with E-state index in [0.29, 0.717) is 41.3 Å². The largest absolute Gasteiger partial charge is 0.494 e. The molecule has 1 unspecified atom stereocenters. The maximum Gasteiger partial charge on any atom is 0.407 e.